The Labute approximate surface area is 240 Å². The van der Waals surface area contributed by atoms with E-state index in [1.807, 2.05) is 0 Å². The molecular formula is C30H41ClFN3O3S. The first-order chi connectivity index (χ1) is 18.8. The quantitative estimate of drug-likeness (QED) is 0.395. The third-order valence-electron chi connectivity index (χ3n) is 9.82. The number of thioether (sulfide) groups is 1. The predicted octanol–water partition coefficient (Wildman–Crippen LogP) is 5.57. The molecule has 2 amide bonds. The van der Waals surface area contributed by atoms with Gasteiger partial charge in [-0.15, -0.1) is 11.8 Å². The highest BCUT2D eigenvalue weighted by Crippen LogP contribution is 2.60. The van der Waals surface area contributed by atoms with Crippen LogP contribution in [0.4, 0.5) is 4.39 Å². The Morgan fingerprint density at radius 2 is 1.69 bits per heavy atom. The van der Waals surface area contributed by atoms with Gasteiger partial charge in [0.25, 0.3) is 5.91 Å². The molecule has 9 heteroatoms. The molecular weight excluding hydrogens is 537 g/mol. The molecule has 4 atom stereocenters. The van der Waals surface area contributed by atoms with E-state index in [1.165, 1.54) is 76.0 Å². The van der Waals surface area contributed by atoms with Gasteiger partial charge >= 0.3 is 0 Å². The zero-order chi connectivity index (χ0) is 27.0. The lowest BCUT2D eigenvalue weighted by molar-refractivity contribution is -0.152. The number of fused-ring (bicyclic) bond motifs is 1. The molecule has 39 heavy (non-hydrogen) atoms. The van der Waals surface area contributed by atoms with Crippen molar-refractivity contribution in [1.82, 2.24) is 16.0 Å². The highest BCUT2D eigenvalue weighted by molar-refractivity contribution is 8.00. The molecule has 2 bridgehead atoms. The van der Waals surface area contributed by atoms with Crippen molar-refractivity contribution in [3.63, 3.8) is 0 Å². The molecule has 2 aliphatic heterocycles. The van der Waals surface area contributed by atoms with Gasteiger partial charge in [-0.1, -0.05) is 50.1 Å². The number of piperidine rings is 1. The summed E-state index contributed by atoms with van der Waals surface area (Å²) in [5.41, 5.74) is -0.424. The first kappa shape index (κ1) is 27.6. The second kappa shape index (κ2) is 11.4. The average Bonchev–Trinajstić information content (AvgIpc) is 3.35. The first-order valence-electron chi connectivity index (χ1n) is 14.9. The lowest BCUT2D eigenvalue weighted by Crippen LogP contribution is -2.84. The number of hydrogen-bond donors (Lipinski definition) is 3. The summed E-state index contributed by atoms with van der Waals surface area (Å²) in [6.45, 7) is 0.580. The van der Waals surface area contributed by atoms with Crippen LogP contribution in [-0.2, 0) is 9.59 Å². The van der Waals surface area contributed by atoms with E-state index >= 15 is 0 Å². The van der Waals surface area contributed by atoms with Gasteiger partial charge < -0.3 is 20.7 Å². The number of carbonyl (C=O) groups excluding carboxylic acids is 2. The van der Waals surface area contributed by atoms with Crippen LogP contribution in [0.15, 0.2) is 18.2 Å². The lowest BCUT2D eigenvalue weighted by atomic mass is 9.44. The van der Waals surface area contributed by atoms with Crippen LogP contribution in [0.5, 0.6) is 5.75 Å². The van der Waals surface area contributed by atoms with Crippen molar-refractivity contribution < 1.29 is 18.7 Å². The monoisotopic (exact) mass is 577 g/mol. The highest BCUT2D eigenvalue weighted by atomic mass is 35.5. The van der Waals surface area contributed by atoms with Crippen LogP contribution in [-0.4, -0.2) is 46.7 Å². The van der Waals surface area contributed by atoms with Gasteiger partial charge in [-0.3, -0.25) is 9.59 Å². The molecule has 6 fully saturated rings. The Kier molecular flexibility index (Phi) is 8.08. The number of benzene rings is 1. The molecule has 0 aromatic heterocycles. The third-order valence-corrected chi connectivity index (χ3v) is 11.9. The number of rotatable bonds is 7. The molecule has 2 saturated heterocycles. The Bertz CT molecular complexity index is 1060. The fourth-order valence-corrected chi connectivity index (χ4v) is 9.91. The molecule has 0 spiro atoms. The zero-order valence-electron chi connectivity index (χ0n) is 22.6. The summed E-state index contributed by atoms with van der Waals surface area (Å²) in [7, 11) is 0. The summed E-state index contributed by atoms with van der Waals surface area (Å²) in [4.78, 5) is 25.7. The summed E-state index contributed by atoms with van der Waals surface area (Å²) in [5, 5.41) is 11.4. The second-order valence-corrected chi connectivity index (χ2v) is 14.7. The van der Waals surface area contributed by atoms with E-state index in [0.717, 1.165) is 43.4 Å². The van der Waals surface area contributed by atoms with E-state index < -0.39 is 5.82 Å². The van der Waals surface area contributed by atoms with Gasteiger partial charge in [0.05, 0.1) is 16.3 Å². The van der Waals surface area contributed by atoms with E-state index in [9.17, 15) is 14.0 Å². The maximum Gasteiger partial charge on any atom is 0.258 e. The average molecular weight is 578 g/mol. The summed E-state index contributed by atoms with van der Waals surface area (Å²) >= 11 is 7.85. The summed E-state index contributed by atoms with van der Waals surface area (Å²) in [5.74, 6) is 1.09. The second-order valence-electron chi connectivity index (χ2n) is 12.9. The van der Waals surface area contributed by atoms with Gasteiger partial charge in [0, 0.05) is 28.9 Å². The fourth-order valence-electron chi connectivity index (χ4n) is 7.92. The highest BCUT2D eigenvalue weighted by Gasteiger charge is 2.69. The van der Waals surface area contributed by atoms with Gasteiger partial charge in [-0.2, -0.15) is 0 Å². The molecule has 4 aliphatic carbocycles. The molecule has 1 aromatic rings. The molecule has 7 rings (SSSR count). The number of nitrogens with one attached hydrogen (secondary N) is 3. The lowest BCUT2D eigenvalue weighted by Gasteiger charge is -2.70. The third kappa shape index (κ3) is 6.08. The molecule has 3 N–H and O–H groups in total. The number of ether oxygens (including phenoxy) is 1. The van der Waals surface area contributed by atoms with Crippen LogP contribution in [0.2, 0.25) is 5.02 Å². The number of carbonyl (C=O) groups is 2. The summed E-state index contributed by atoms with van der Waals surface area (Å²) in [6, 6.07) is 4.12. The predicted molar refractivity (Wildman–Crippen MR) is 152 cm³/mol. The van der Waals surface area contributed by atoms with Gasteiger partial charge in [-0.25, -0.2) is 4.39 Å². The SMILES string of the molecule is O=C(COc1ccc(Cl)c(F)c1)NC12CC(NC(=O)C3CNC4SC(C5CCCCCCCC5)CC4C3)(C1)C2. The van der Waals surface area contributed by atoms with Crippen LogP contribution >= 0.6 is 23.4 Å². The van der Waals surface area contributed by atoms with Crippen molar-refractivity contribution in [2.45, 2.75) is 105 Å². The Balaban J connectivity index is 0.928. The largest absolute Gasteiger partial charge is 0.484 e. The summed E-state index contributed by atoms with van der Waals surface area (Å²) in [6.07, 6.45) is 15.7. The molecule has 1 aromatic carbocycles. The number of amides is 2. The van der Waals surface area contributed by atoms with Gasteiger partial charge in [0.15, 0.2) is 6.61 Å². The number of halogens is 2. The van der Waals surface area contributed by atoms with Crippen LogP contribution in [0, 0.1) is 23.6 Å². The minimum absolute atomic E-state index is 0.0173. The maximum absolute atomic E-state index is 13.6. The van der Waals surface area contributed by atoms with Crippen molar-refractivity contribution in [1.29, 1.82) is 0 Å². The van der Waals surface area contributed by atoms with E-state index in [1.54, 1.807) is 0 Å². The van der Waals surface area contributed by atoms with Crippen molar-refractivity contribution in [2.24, 2.45) is 17.8 Å². The zero-order valence-corrected chi connectivity index (χ0v) is 24.2. The number of hydrogen-bond acceptors (Lipinski definition) is 5. The van der Waals surface area contributed by atoms with E-state index in [-0.39, 0.29) is 46.2 Å². The minimum atomic E-state index is -0.577. The molecule has 4 saturated carbocycles. The molecule has 2 heterocycles. The van der Waals surface area contributed by atoms with E-state index in [2.05, 4.69) is 27.7 Å². The smallest absolute Gasteiger partial charge is 0.258 e. The van der Waals surface area contributed by atoms with E-state index in [4.69, 9.17) is 16.3 Å². The minimum Gasteiger partial charge on any atom is -0.484 e. The Hall–Kier alpha value is -1.51. The van der Waals surface area contributed by atoms with Crippen LogP contribution in [0.25, 0.3) is 0 Å². The van der Waals surface area contributed by atoms with Crippen molar-refractivity contribution in [2.75, 3.05) is 13.2 Å². The molecule has 6 nitrogen and oxygen atoms in total. The molecule has 0 radical (unpaired) electrons. The van der Waals surface area contributed by atoms with Crippen LogP contribution in [0.1, 0.15) is 83.5 Å². The summed E-state index contributed by atoms with van der Waals surface area (Å²) < 4.78 is 19.0. The Morgan fingerprint density at radius 1 is 1.00 bits per heavy atom. The topological polar surface area (TPSA) is 79.5 Å². The fraction of sp³-hybridized carbons (Fsp3) is 0.733. The molecule has 214 valence electrons. The van der Waals surface area contributed by atoms with Gasteiger partial charge in [-0.05, 0) is 68.9 Å². The Morgan fingerprint density at radius 3 is 2.41 bits per heavy atom. The maximum atomic E-state index is 13.6. The van der Waals surface area contributed by atoms with Crippen molar-refractivity contribution in [3.8, 4) is 5.75 Å². The van der Waals surface area contributed by atoms with Crippen molar-refractivity contribution in [3.05, 3.63) is 29.0 Å². The van der Waals surface area contributed by atoms with Gasteiger partial charge in [0.1, 0.15) is 11.6 Å². The standard InChI is InChI=1S/C30H41ClFN3O3S/c31-23-10-9-22(13-24(23)32)38-15-26(36)34-29-16-30(17-29,18-29)35-27(37)21-11-20-12-25(39-28(20)33-14-21)19-7-5-3-1-2-4-6-8-19/h9-10,13,19-21,25,28,33H,1-8,11-12,14-18H2,(H,34,36)(H,35,37). The van der Waals surface area contributed by atoms with Crippen LogP contribution < -0.4 is 20.7 Å². The molecule has 6 aliphatic rings. The first-order valence-corrected chi connectivity index (χ1v) is 16.2. The van der Waals surface area contributed by atoms with Crippen LogP contribution in [0.3, 0.4) is 0 Å². The van der Waals surface area contributed by atoms with Gasteiger partial charge in [0.2, 0.25) is 5.91 Å². The van der Waals surface area contributed by atoms with E-state index in [0.29, 0.717) is 11.3 Å². The van der Waals surface area contributed by atoms with Crippen molar-refractivity contribution >= 4 is 35.2 Å². The molecule has 4 unspecified atom stereocenters. The normalized spacial score (nSPS) is 36.3.